The first kappa shape index (κ1) is 12.0. The highest BCUT2D eigenvalue weighted by Gasteiger charge is 2.07. The topological polar surface area (TPSA) is 84.4 Å². The van der Waals surface area contributed by atoms with Crippen molar-refractivity contribution in [3.8, 4) is 0 Å². The van der Waals surface area contributed by atoms with Crippen molar-refractivity contribution in [3.63, 3.8) is 0 Å². The summed E-state index contributed by atoms with van der Waals surface area (Å²) in [6.07, 6.45) is 2.44. The number of nitrogens with one attached hydrogen (secondary N) is 1. The summed E-state index contributed by atoms with van der Waals surface area (Å²) in [5.41, 5.74) is 1.64. The fourth-order valence-electron chi connectivity index (χ4n) is 1.09. The minimum Gasteiger partial charge on any atom is -0.364 e. The molecule has 0 aliphatic heterocycles. The summed E-state index contributed by atoms with van der Waals surface area (Å²) in [5, 5.41) is 17.0. The van der Waals surface area contributed by atoms with Gasteiger partial charge in [0.1, 0.15) is 6.26 Å². The third-order valence-corrected chi connectivity index (χ3v) is 2.02. The highest BCUT2D eigenvalue weighted by atomic mass is 16.6. The Bertz CT molecular complexity index is 397. The summed E-state index contributed by atoms with van der Waals surface area (Å²) in [6, 6.07) is 0. The molecule has 0 saturated carbocycles. The van der Waals surface area contributed by atoms with Crippen LogP contribution < -0.4 is 5.32 Å². The van der Waals surface area contributed by atoms with Gasteiger partial charge in [-0.05, 0) is 6.92 Å². The average molecular weight is 226 g/mol. The van der Waals surface area contributed by atoms with Crippen molar-refractivity contribution in [2.45, 2.75) is 13.5 Å². The summed E-state index contributed by atoms with van der Waals surface area (Å²) >= 11 is 0. The first-order valence-corrected chi connectivity index (χ1v) is 4.67. The number of hydrogen-bond acceptors (Lipinski definition) is 6. The molecule has 88 valence electrons. The van der Waals surface area contributed by atoms with Gasteiger partial charge < -0.3 is 14.7 Å². The quantitative estimate of drug-likeness (QED) is 0.588. The van der Waals surface area contributed by atoms with E-state index in [1.165, 1.54) is 6.26 Å². The van der Waals surface area contributed by atoms with E-state index >= 15 is 0 Å². The zero-order chi connectivity index (χ0) is 12.1. The lowest BCUT2D eigenvalue weighted by Gasteiger charge is -2.15. The zero-order valence-corrected chi connectivity index (χ0v) is 9.43. The van der Waals surface area contributed by atoms with Gasteiger partial charge >= 0.3 is 0 Å². The predicted octanol–water partition coefficient (Wildman–Crippen LogP) is 0.710. The molecular weight excluding hydrogens is 212 g/mol. The zero-order valence-electron chi connectivity index (χ0n) is 9.43. The second-order valence-corrected chi connectivity index (χ2v) is 3.47. The standard InChI is InChI=1S/C9H14N4O3/c1-7-8(6-16-11-7)4-10-9(12(2)3)5-13(14)15/h5-6,10H,4H2,1-3H3. The molecule has 0 saturated heterocycles. The lowest BCUT2D eigenvalue weighted by Crippen LogP contribution is -2.26. The Hall–Kier alpha value is -2.05. The van der Waals surface area contributed by atoms with E-state index < -0.39 is 4.92 Å². The number of nitro groups is 1. The van der Waals surface area contributed by atoms with E-state index in [9.17, 15) is 10.1 Å². The summed E-state index contributed by atoms with van der Waals surface area (Å²) in [5.74, 6) is 0.422. The van der Waals surface area contributed by atoms with Gasteiger partial charge in [-0.15, -0.1) is 0 Å². The molecule has 0 unspecified atom stereocenters. The van der Waals surface area contributed by atoms with E-state index in [0.717, 1.165) is 17.5 Å². The summed E-state index contributed by atoms with van der Waals surface area (Å²) in [7, 11) is 3.45. The van der Waals surface area contributed by atoms with Crippen LogP contribution in [0.3, 0.4) is 0 Å². The van der Waals surface area contributed by atoms with Crippen LogP contribution in [0.25, 0.3) is 0 Å². The second kappa shape index (κ2) is 5.15. The fourth-order valence-corrected chi connectivity index (χ4v) is 1.09. The molecule has 0 aliphatic rings. The summed E-state index contributed by atoms with van der Waals surface area (Å²) < 4.78 is 4.76. The van der Waals surface area contributed by atoms with E-state index in [4.69, 9.17) is 4.52 Å². The largest absolute Gasteiger partial charge is 0.364 e. The lowest BCUT2D eigenvalue weighted by molar-refractivity contribution is -0.404. The molecule has 0 bridgehead atoms. The van der Waals surface area contributed by atoms with Crippen molar-refractivity contribution in [1.82, 2.24) is 15.4 Å². The molecule has 1 N–H and O–H groups in total. The second-order valence-electron chi connectivity index (χ2n) is 3.47. The van der Waals surface area contributed by atoms with Crippen LogP contribution in [0.15, 0.2) is 22.8 Å². The molecule has 0 fully saturated rings. The Kier molecular flexibility index (Phi) is 3.87. The summed E-state index contributed by atoms with van der Waals surface area (Å²) in [4.78, 5) is 11.5. The molecule has 7 heteroatoms. The minimum atomic E-state index is -0.497. The van der Waals surface area contributed by atoms with Gasteiger partial charge in [0.2, 0.25) is 0 Å². The van der Waals surface area contributed by atoms with Gasteiger partial charge in [0.25, 0.3) is 6.20 Å². The number of nitrogens with zero attached hydrogens (tertiary/aromatic N) is 3. The van der Waals surface area contributed by atoms with Crippen LogP contribution in [0.1, 0.15) is 11.3 Å². The smallest absolute Gasteiger partial charge is 0.274 e. The van der Waals surface area contributed by atoms with Crippen molar-refractivity contribution < 1.29 is 9.45 Å². The number of hydrogen-bond donors (Lipinski definition) is 1. The molecule has 0 aromatic carbocycles. The van der Waals surface area contributed by atoms with E-state index in [1.54, 1.807) is 19.0 Å². The molecule has 0 radical (unpaired) electrons. The van der Waals surface area contributed by atoms with Crippen LogP contribution in [0, 0.1) is 17.0 Å². The van der Waals surface area contributed by atoms with E-state index in [1.807, 2.05) is 6.92 Å². The maximum absolute atomic E-state index is 10.4. The molecule has 1 heterocycles. The van der Waals surface area contributed by atoms with Crippen LogP contribution in [0.4, 0.5) is 0 Å². The molecule has 16 heavy (non-hydrogen) atoms. The molecule has 1 aromatic rings. The van der Waals surface area contributed by atoms with Crippen molar-refractivity contribution in [1.29, 1.82) is 0 Å². The fraction of sp³-hybridized carbons (Fsp3) is 0.444. The van der Waals surface area contributed by atoms with Crippen molar-refractivity contribution in [2.24, 2.45) is 0 Å². The SMILES string of the molecule is Cc1nocc1CNC(=C[N+](=O)[O-])N(C)C. The maximum Gasteiger partial charge on any atom is 0.274 e. The van der Waals surface area contributed by atoms with Crippen molar-refractivity contribution >= 4 is 0 Å². The normalized spacial score (nSPS) is 11.3. The molecule has 7 nitrogen and oxygen atoms in total. The third-order valence-electron chi connectivity index (χ3n) is 2.02. The number of aromatic nitrogens is 1. The monoisotopic (exact) mass is 226 g/mol. The van der Waals surface area contributed by atoms with Crippen LogP contribution in [-0.4, -0.2) is 29.1 Å². The Morgan fingerprint density at radius 3 is 2.88 bits per heavy atom. The van der Waals surface area contributed by atoms with E-state index in [-0.39, 0.29) is 0 Å². The van der Waals surface area contributed by atoms with Crippen LogP contribution >= 0.6 is 0 Å². The Morgan fingerprint density at radius 2 is 2.44 bits per heavy atom. The van der Waals surface area contributed by atoms with Gasteiger partial charge in [-0.2, -0.15) is 0 Å². The maximum atomic E-state index is 10.4. The van der Waals surface area contributed by atoms with Gasteiger partial charge in [0, 0.05) is 26.2 Å². The molecule has 0 atom stereocenters. The van der Waals surface area contributed by atoms with Gasteiger partial charge in [-0.1, -0.05) is 5.16 Å². The van der Waals surface area contributed by atoms with Gasteiger partial charge in [0.05, 0.1) is 10.6 Å². The van der Waals surface area contributed by atoms with Crippen LogP contribution in [0.5, 0.6) is 0 Å². The highest BCUT2D eigenvalue weighted by molar-refractivity contribution is 5.13. The first-order chi connectivity index (χ1) is 7.50. The first-order valence-electron chi connectivity index (χ1n) is 4.67. The van der Waals surface area contributed by atoms with Gasteiger partial charge in [-0.25, -0.2) is 0 Å². The molecule has 1 rings (SSSR count). The molecule has 0 spiro atoms. The van der Waals surface area contributed by atoms with Gasteiger partial charge in [0.15, 0.2) is 5.82 Å². The Labute approximate surface area is 92.9 Å². The van der Waals surface area contributed by atoms with E-state index in [2.05, 4.69) is 10.5 Å². The number of aryl methyl sites for hydroxylation is 1. The van der Waals surface area contributed by atoms with Crippen molar-refractivity contribution in [2.75, 3.05) is 14.1 Å². The summed E-state index contributed by atoms with van der Waals surface area (Å²) in [6.45, 7) is 2.25. The molecular formula is C9H14N4O3. The minimum absolute atomic E-state index is 0.422. The molecule has 1 aromatic heterocycles. The lowest BCUT2D eigenvalue weighted by atomic mass is 10.3. The Morgan fingerprint density at radius 1 is 1.75 bits per heavy atom. The van der Waals surface area contributed by atoms with E-state index in [0.29, 0.717) is 12.4 Å². The molecule has 0 amide bonds. The highest BCUT2D eigenvalue weighted by Crippen LogP contribution is 2.05. The van der Waals surface area contributed by atoms with Crippen LogP contribution in [-0.2, 0) is 6.54 Å². The van der Waals surface area contributed by atoms with Crippen LogP contribution in [0.2, 0.25) is 0 Å². The van der Waals surface area contributed by atoms with Gasteiger partial charge in [-0.3, -0.25) is 10.1 Å². The third kappa shape index (κ3) is 3.26. The Balaban J connectivity index is 2.65. The number of rotatable bonds is 5. The molecule has 0 aliphatic carbocycles. The average Bonchev–Trinajstić information content (AvgIpc) is 2.57. The van der Waals surface area contributed by atoms with Crippen molar-refractivity contribution in [3.05, 3.63) is 39.7 Å². The predicted molar refractivity (Wildman–Crippen MR) is 56.8 cm³/mol.